The topological polar surface area (TPSA) is 29.1 Å². The molecule has 1 N–H and O–H groups in total. The predicted octanol–water partition coefficient (Wildman–Crippen LogP) is 3.45. The first kappa shape index (κ1) is 16.4. The van der Waals surface area contributed by atoms with Crippen LogP contribution in [0, 0.1) is 0 Å². The van der Waals surface area contributed by atoms with Crippen LogP contribution in [0.1, 0.15) is 50.8 Å². The first-order valence-corrected chi connectivity index (χ1v) is 8.83. The molecule has 2 atom stereocenters. The third kappa shape index (κ3) is 6.35. The molecule has 3 heteroatoms. The first-order chi connectivity index (χ1) is 9.17. The molecule has 19 heavy (non-hydrogen) atoms. The third-order valence-corrected chi connectivity index (χ3v) is 4.70. The minimum absolute atomic E-state index is 0.328. The van der Waals surface area contributed by atoms with Crippen molar-refractivity contribution in [2.75, 3.05) is 18.1 Å². The lowest BCUT2D eigenvalue weighted by atomic mass is 10.0. The van der Waals surface area contributed by atoms with E-state index in [1.807, 2.05) is 6.92 Å². The van der Waals surface area contributed by atoms with Crippen molar-refractivity contribution in [1.82, 2.24) is 5.32 Å². The van der Waals surface area contributed by atoms with Gasteiger partial charge in [-0.1, -0.05) is 44.5 Å². The van der Waals surface area contributed by atoms with Gasteiger partial charge in [0.05, 0.1) is 0 Å². The second-order valence-corrected chi connectivity index (χ2v) is 6.82. The highest BCUT2D eigenvalue weighted by atomic mass is 32.2. The molecular formula is C16H27NOS. The molecule has 108 valence electrons. The summed E-state index contributed by atoms with van der Waals surface area (Å²) in [7, 11) is -0.670. The van der Waals surface area contributed by atoms with Crippen molar-refractivity contribution >= 4 is 10.8 Å². The number of benzene rings is 1. The van der Waals surface area contributed by atoms with Crippen molar-refractivity contribution in [2.24, 2.45) is 0 Å². The molecule has 0 saturated carbocycles. The molecule has 0 fully saturated rings. The van der Waals surface area contributed by atoms with Crippen LogP contribution in [0.2, 0.25) is 0 Å². The van der Waals surface area contributed by atoms with Crippen molar-refractivity contribution in [1.29, 1.82) is 0 Å². The molecule has 0 radical (unpaired) electrons. The van der Waals surface area contributed by atoms with Gasteiger partial charge in [0.1, 0.15) is 0 Å². The fraction of sp³-hybridized carbons (Fsp3) is 0.625. The molecule has 0 aromatic heterocycles. The van der Waals surface area contributed by atoms with E-state index >= 15 is 0 Å². The molecule has 0 saturated heterocycles. The van der Waals surface area contributed by atoms with Crippen LogP contribution in [-0.4, -0.2) is 22.3 Å². The predicted molar refractivity (Wildman–Crippen MR) is 85.0 cm³/mol. The van der Waals surface area contributed by atoms with E-state index in [2.05, 4.69) is 43.4 Å². The standard InChI is InChI=1S/C16H27NOS/c1-4-6-7-15-8-10-16(11-9-15)14(3)17-12-13-19(18)5-2/h8-11,14,17H,4-7,12-13H2,1-3H3. The zero-order valence-electron chi connectivity index (χ0n) is 12.4. The molecule has 0 spiro atoms. The van der Waals surface area contributed by atoms with E-state index in [9.17, 15) is 4.21 Å². The Bertz CT molecular complexity index is 375. The van der Waals surface area contributed by atoms with Gasteiger partial charge in [-0.15, -0.1) is 0 Å². The third-order valence-electron chi connectivity index (χ3n) is 3.40. The number of hydrogen-bond donors (Lipinski definition) is 1. The first-order valence-electron chi connectivity index (χ1n) is 7.34. The van der Waals surface area contributed by atoms with Crippen LogP contribution in [0.5, 0.6) is 0 Å². The highest BCUT2D eigenvalue weighted by Gasteiger charge is 2.05. The van der Waals surface area contributed by atoms with Gasteiger partial charge in [0.2, 0.25) is 0 Å². The van der Waals surface area contributed by atoms with Crippen molar-refractivity contribution in [3.8, 4) is 0 Å². The molecule has 1 aromatic rings. The van der Waals surface area contributed by atoms with Gasteiger partial charge >= 0.3 is 0 Å². The van der Waals surface area contributed by atoms with Crippen LogP contribution < -0.4 is 5.32 Å². The molecule has 1 rings (SSSR count). The zero-order valence-corrected chi connectivity index (χ0v) is 13.3. The molecule has 0 heterocycles. The monoisotopic (exact) mass is 281 g/mol. The van der Waals surface area contributed by atoms with Crippen LogP contribution in [-0.2, 0) is 17.2 Å². The molecule has 2 nitrogen and oxygen atoms in total. The highest BCUT2D eigenvalue weighted by molar-refractivity contribution is 7.84. The summed E-state index contributed by atoms with van der Waals surface area (Å²) < 4.78 is 11.3. The van der Waals surface area contributed by atoms with E-state index in [0.717, 1.165) is 18.1 Å². The van der Waals surface area contributed by atoms with Crippen LogP contribution >= 0.6 is 0 Å². The lowest BCUT2D eigenvalue weighted by Crippen LogP contribution is -2.24. The normalized spacial score (nSPS) is 14.3. The van der Waals surface area contributed by atoms with Crippen LogP contribution in [0.4, 0.5) is 0 Å². The summed E-state index contributed by atoms with van der Waals surface area (Å²) in [4.78, 5) is 0. The van der Waals surface area contributed by atoms with Gasteiger partial charge in [-0.2, -0.15) is 0 Å². The van der Waals surface area contributed by atoms with Crippen LogP contribution in [0.3, 0.4) is 0 Å². The Morgan fingerprint density at radius 3 is 2.47 bits per heavy atom. The molecular weight excluding hydrogens is 254 g/mol. The number of nitrogens with one attached hydrogen (secondary N) is 1. The fourth-order valence-electron chi connectivity index (χ4n) is 2.01. The second kappa shape index (κ2) is 9.27. The maximum absolute atomic E-state index is 11.3. The van der Waals surface area contributed by atoms with Crippen molar-refractivity contribution in [3.63, 3.8) is 0 Å². The minimum Gasteiger partial charge on any atom is -0.309 e. The van der Waals surface area contributed by atoms with Gasteiger partial charge in [-0.3, -0.25) is 4.21 Å². The molecule has 0 aliphatic rings. The number of hydrogen-bond acceptors (Lipinski definition) is 2. The quantitative estimate of drug-likeness (QED) is 0.751. The van der Waals surface area contributed by atoms with Crippen LogP contribution in [0.15, 0.2) is 24.3 Å². The fourth-order valence-corrected chi connectivity index (χ4v) is 2.64. The Labute approximate surface area is 120 Å². The summed E-state index contributed by atoms with van der Waals surface area (Å²) in [6.07, 6.45) is 3.68. The Balaban J connectivity index is 2.39. The highest BCUT2D eigenvalue weighted by Crippen LogP contribution is 2.14. The summed E-state index contributed by atoms with van der Waals surface area (Å²) >= 11 is 0. The molecule has 0 aliphatic carbocycles. The SMILES string of the molecule is CCCCc1ccc(C(C)NCCS(=O)CC)cc1. The van der Waals surface area contributed by atoms with Gasteiger partial charge in [0.15, 0.2) is 0 Å². The van der Waals surface area contributed by atoms with E-state index in [1.54, 1.807) is 0 Å². The second-order valence-electron chi connectivity index (χ2n) is 4.95. The summed E-state index contributed by atoms with van der Waals surface area (Å²) in [6.45, 7) is 7.17. The average molecular weight is 281 g/mol. The molecule has 1 aromatic carbocycles. The van der Waals surface area contributed by atoms with E-state index < -0.39 is 10.8 Å². The molecule has 0 bridgehead atoms. The van der Waals surface area contributed by atoms with Crippen LogP contribution in [0.25, 0.3) is 0 Å². The van der Waals surface area contributed by atoms with Crippen molar-refractivity contribution in [3.05, 3.63) is 35.4 Å². The smallest absolute Gasteiger partial charge is 0.0360 e. The van der Waals surface area contributed by atoms with Gasteiger partial charge in [-0.25, -0.2) is 0 Å². The largest absolute Gasteiger partial charge is 0.309 e. The van der Waals surface area contributed by atoms with Gasteiger partial charge in [-0.05, 0) is 30.9 Å². The number of rotatable bonds is 9. The average Bonchev–Trinajstić information content (AvgIpc) is 2.45. The van der Waals surface area contributed by atoms with Crippen molar-refractivity contribution in [2.45, 2.75) is 46.1 Å². The summed E-state index contributed by atoms with van der Waals surface area (Å²) in [5.41, 5.74) is 2.73. The Kier molecular flexibility index (Phi) is 7.99. The summed E-state index contributed by atoms with van der Waals surface area (Å²) in [5, 5.41) is 3.43. The number of unbranched alkanes of at least 4 members (excludes halogenated alkanes) is 1. The Morgan fingerprint density at radius 1 is 1.21 bits per heavy atom. The van der Waals surface area contributed by atoms with E-state index in [1.165, 1.54) is 30.4 Å². The Morgan fingerprint density at radius 2 is 1.89 bits per heavy atom. The summed E-state index contributed by atoms with van der Waals surface area (Å²) in [6, 6.07) is 9.20. The zero-order chi connectivity index (χ0) is 14.1. The summed E-state index contributed by atoms with van der Waals surface area (Å²) in [5.74, 6) is 1.50. The maximum atomic E-state index is 11.3. The molecule has 2 unspecified atom stereocenters. The van der Waals surface area contributed by atoms with Gasteiger partial charge in [0.25, 0.3) is 0 Å². The van der Waals surface area contributed by atoms with Crippen molar-refractivity contribution < 1.29 is 4.21 Å². The molecule has 0 aliphatic heterocycles. The van der Waals surface area contributed by atoms with Gasteiger partial charge in [0, 0.05) is 34.9 Å². The van der Waals surface area contributed by atoms with Gasteiger partial charge < -0.3 is 5.32 Å². The minimum atomic E-state index is -0.670. The molecule has 0 amide bonds. The Hall–Kier alpha value is -0.670. The van der Waals surface area contributed by atoms with E-state index in [4.69, 9.17) is 0 Å². The lowest BCUT2D eigenvalue weighted by Gasteiger charge is -2.14. The van der Waals surface area contributed by atoms with E-state index in [0.29, 0.717) is 6.04 Å². The number of aryl methyl sites for hydroxylation is 1. The maximum Gasteiger partial charge on any atom is 0.0360 e. The van der Waals surface area contributed by atoms with E-state index in [-0.39, 0.29) is 0 Å². The lowest BCUT2D eigenvalue weighted by molar-refractivity contribution is 0.596.